The molecular formula is C16H19F3N2O3. The van der Waals surface area contributed by atoms with Crippen LogP contribution in [0.4, 0.5) is 18.0 Å². The molecule has 0 atom stereocenters. The van der Waals surface area contributed by atoms with Crippen LogP contribution in [0.25, 0.3) is 0 Å². The lowest BCUT2D eigenvalue weighted by atomic mass is 9.64. The molecule has 1 aromatic carbocycles. The number of halogens is 3. The molecule has 3 N–H and O–H groups in total. The number of aliphatic carboxylic acids is 1. The molecule has 1 aromatic rings. The van der Waals surface area contributed by atoms with E-state index in [2.05, 4.69) is 10.6 Å². The van der Waals surface area contributed by atoms with E-state index in [-0.39, 0.29) is 19.5 Å². The minimum Gasteiger partial charge on any atom is -0.481 e. The maximum absolute atomic E-state index is 12.9. The molecule has 1 saturated carbocycles. The van der Waals surface area contributed by atoms with E-state index in [1.165, 1.54) is 6.07 Å². The molecule has 1 aliphatic rings. The van der Waals surface area contributed by atoms with Crippen LogP contribution in [0.1, 0.15) is 36.8 Å². The Morgan fingerprint density at radius 3 is 2.46 bits per heavy atom. The van der Waals surface area contributed by atoms with Crippen molar-refractivity contribution in [2.75, 3.05) is 13.1 Å². The molecule has 132 valence electrons. The highest BCUT2D eigenvalue weighted by atomic mass is 19.4. The Bertz CT molecular complexity index is 613. The van der Waals surface area contributed by atoms with Crippen LogP contribution in [0.2, 0.25) is 0 Å². The van der Waals surface area contributed by atoms with E-state index in [9.17, 15) is 22.8 Å². The second-order valence-electron chi connectivity index (χ2n) is 5.97. The van der Waals surface area contributed by atoms with Gasteiger partial charge in [-0.3, -0.25) is 4.79 Å². The van der Waals surface area contributed by atoms with E-state index in [1.807, 2.05) is 0 Å². The molecule has 24 heavy (non-hydrogen) atoms. The fourth-order valence-corrected chi connectivity index (χ4v) is 2.79. The average molecular weight is 344 g/mol. The van der Waals surface area contributed by atoms with Crippen LogP contribution in [-0.4, -0.2) is 30.2 Å². The van der Waals surface area contributed by atoms with Crippen LogP contribution in [-0.2, 0) is 16.4 Å². The van der Waals surface area contributed by atoms with E-state index in [1.54, 1.807) is 6.07 Å². The van der Waals surface area contributed by atoms with Gasteiger partial charge >= 0.3 is 18.2 Å². The quantitative estimate of drug-likeness (QED) is 0.742. The van der Waals surface area contributed by atoms with Gasteiger partial charge in [-0.1, -0.05) is 24.6 Å². The molecule has 5 nitrogen and oxygen atoms in total. The van der Waals surface area contributed by atoms with Crippen LogP contribution in [0, 0.1) is 0 Å². The first-order valence-electron chi connectivity index (χ1n) is 7.64. The van der Waals surface area contributed by atoms with Crippen molar-refractivity contribution in [2.24, 2.45) is 0 Å². The van der Waals surface area contributed by atoms with E-state index in [0.717, 1.165) is 18.6 Å². The zero-order valence-electron chi connectivity index (χ0n) is 12.9. The highest BCUT2D eigenvalue weighted by Crippen LogP contribution is 2.44. The summed E-state index contributed by atoms with van der Waals surface area (Å²) in [4.78, 5) is 22.1. The number of rotatable bonds is 6. The maximum atomic E-state index is 12.9. The van der Waals surface area contributed by atoms with Crippen LogP contribution in [0.15, 0.2) is 24.3 Å². The minimum absolute atomic E-state index is 0.00226. The van der Waals surface area contributed by atoms with Gasteiger partial charge in [0.05, 0.1) is 12.0 Å². The molecule has 2 amide bonds. The number of carbonyl (C=O) groups is 2. The summed E-state index contributed by atoms with van der Waals surface area (Å²) in [5, 5.41) is 13.6. The van der Waals surface area contributed by atoms with Gasteiger partial charge in [0.1, 0.15) is 0 Å². The molecule has 0 aliphatic heterocycles. The van der Waals surface area contributed by atoms with Gasteiger partial charge in [-0.05, 0) is 24.5 Å². The van der Waals surface area contributed by atoms with E-state index in [4.69, 9.17) is 5.11 Å². The summed E-state index contributed by atoms with van der Waals surface area (Å²) >= 11 is 0. The number of alkyl halides is 3. The lowest BCUT2D eigenvalue weighted by molar-refractivity contribution is -0.138. The summed E-state index contributed by atoms with van der Waals surface area (Å²) < 4.78 is 38.6. The van der Waals surface area contributed by atoms with Crippen molar-refractivity contribution in [1.82, 2.24) is 10.6 Å². The van der Waals surface area contributed by atoms with E-state index >= 15 is 0 Å². The first-order valence-corrected chi connectivity index (χ1v) is 7.64. The van der Waals surface area contributed by atoms with Crippen molar-refractivity contribution in [3.8, 4) is 0 Å². The lowest BCUT2D eigenvalue weighted by Gasteiger charge is -2.42. The number of hydrogen-bond donors (Lipinski definition) is 3. The Morgan fingerprint density at radius 1 is 1.21 bits per heavy atom. The third-order valence-corrected chi connectivity index (χ3v) is 4.32. The Labute approximate surface area is 137 Å². The standard InChI is InChI=1S/C16H19F3N2O3/c17-16(18,19)12-4-1-3-11(9-12)15(6-2-7-15)10-21-14(24)20-8-5-13(22)23/h1,3-4,9H,2,5-8,10H2,(H,22,23)(H2,20,21,24). The Kier molecular flexibility index (Phi) is 5.36. The van der Waals surface area contributed by atoms with Gasteiger partial charge in [0, 0.05) is 18.5 Å². The number of carboxylic acids is 1. The number of benzene rings is 1. The van der Waals surface area contributed by atoms with E-state index in [0.29, 0.717) is 18.4 Å². The molecular weight excluding hydrogens is 325 g/mol. The summed E-state index contributed by atoms with van der Waals surface area (Å²) in [6, 6.07) is 4.68. The molecule has 0 aromatic heterocycles. The Hall–Kier alpha value is -2.25. The molecule has 1 aliphatic carbocycles. The van der Waals surface area contributed by atoms with Crippen LogP contribution >= 0.6 is 0 Å². The molecule has 0 spiro atoms. The molecule has 0 bridgehead atoms. The maximum Gasteiger partial charge on any atom is 0.416 e. The number of nitrogens with one attached hydrogen (secondary N) is 2. The number of amides is 2. The van der Waals surface area contributed by atoms with Crippen LogP contribution in [0.5, 0.6) is 0 Å². The minimum atomic E-state index is -4.40. The predicted molar refractivity (Wildman–Crippen MR) is 80.6 cm³/mol. The van der Waals surface area contributed by atoms with Crippen molar-refractivity contribution in [1.29, 1.82) is 0 Å². The van der Waals surface area contributed by atoms with Crippen LogP contribution < -0.4 is 10.6 Å². The first-order chi connectivity index (χ1) is 11.2. The van der Waals surface area contributed by atoms with Crippen molar-refractivity contribution < 1.29 is 27.9 Å². The van der Waals surface area contributed by atoms with Crippen molar-refractivity contribution in [3.05, 3.63) is 35.4 Å². The SMILES string of the molecule is O=C(O)CCNC(=O)NCC1(c2cccc(C(F)(F)F)c2)CCC1. The summed E-state index contributed by atoms with van der Waals surface area (Å²) in [7, 11) is 0. The zero-order chi connectivity index (χ0) is 17.8. The monoisotopic (exact) mass is 344 g/mol. The topological polar surface area (TPSA) is 78.4 Å². The number of carboxylic acid groups (broad SMARTS) is 1. The average Bonchev–Trinajstić information content (AvgIpc) is 2.45. The van der Waals surface area contributed by atoms with Crippen molar-refractivity contribution >= 4 is 12.0 Å². The fraction of sp³-hybridized carbons (Fsp3) is 0.500. The molecule has 2 rings (SSSR count). The van der Waals surface area contributed by atoms with Gasteiger partial charge in [-0.15, -0.1) is 0 Å². The molecule has 0 heterocycles. The molecule has 0 saturated heterocycles. The first kappa shape index (κ1) is 18.1. The van der Waals surface area contributed by atoms with Gasteiger partial charge in [0.2, 0.25) is 0 Å². The lowest BCUT2D eigenvalue weighted by Crippen LogP contribution is -2.48. The normalized spacial score (nSPS) is 16.1. The van der Waals surface area contributed by atoms with Crippen molar-refractivity contribution in [3.63, 3.8) is 0 Å². The van der Waals surface area contributed by atoms with Crippen molar-refractivity contribution in [2.45, 2.75) is 37.3 Å². The molecule has 1 fully saturated rings. The van der Waals surface area contributed by atoms with Gasteiger partial charge in [0.15, 0.2) is 0 Å². The smallest absolute Gasteiger partial charge is 0.416 e. The third kappa shape index (κ3) is 4.39. The second-order valence-corrected chi connectivity index (χ2v) is 5.97. The fourth-order valence-electron chi connectivity index (χ4n) is 2.79. The molecule has 0 unspecified atom stereocenters. The summed E-state index contributed by atoms with van der Waals surface area (Å²) in [6.45, 7) is 0.213. The largest absolute Gasteiger partial charge is 0.481 e. The summed E-state index contributed by atoms with van der Waals surface area (Å²) in [6.07, 6.45) is -2.30. The summed E-state index contributed by atoms with van der Waals surface area (Å²) in [5.74, 6) is -1.02. The van der Waals surface area contributed by atoms with Gasteiger partial charge in [-0.2, -0.15) is 13.2 Å². The Morgan fingerprint density at radius 2 is 1.92 bits per heavy atom. The number of urea groups is 1. The number of carbonyl (C=O) groups excluding carboxylic acids is 1. The summed E-state index contributed by atoms with van der Waals surface area (Å²) in [5.41, 5.74) is -0.627. The predicted octanol–water partition coefficient (Wildman–Crippen LogP) is 2.90. The number of hydrogen-bond acceptors (Lipinski definition) is 2. The van der Waals surface area contributed by atoms with E-state index < -0.39 is 29.2 Å². The van der Waals surface area contributed by atoms with Gasteiger partial charge in [0.25, 0.3) is 0 Å². The molecule has 8 heteroatoms. The third-order valence-electron chi connectivity index (χ3n) is 4.32. The second kappa shape index (κ2) is 7.11. The highest BCUT2D eigenvalue weighted by molar-refractivity contribution is 5.75. The van der Waals surface area contributed by atoms with Gasteiger partial charge in [-0.25, -0.2) is 4.79 Å². The Balaban J connectivity index is 1.99. The zero-order valence-corrected chi connectivity index (χ0v) is 12.9. The molecule has 0 radical (unpaired) electrons. The van der Waals surface area contributed by atoms with Gasteiger partial charge < -0.3 is 15.7 Å². The van der Waals surface area contributed by atoms with Crippen LogP contribution in [0.3, 0.4) is 0 Å². The highest BCUT2D eigenvalue weighted by Gasteiger charge is 2.40.